The van der Waals surface area contributed by atoms with Crippen LogP contribution in [0.1, 0.15) is 80.0 Å². The third-order valence-corrected chi connectivity index (χ3v) is 9.89. The van der Waals surface area contributed by atoms with E-state index in [0.29, 0.717) is 17.9 Å². The number of ether oxygens (including phenoxy) is 2. The number of hydrogen-bond donors (Lipinski definition) is 3. The molecule has 0 aromatic heterocycles. The van der Waals surface area contributed by atoms with Gasteiger partial charge in [0.05, 0.1) is 12.3 Å². The maximum absolute atomic E-state index is 12.0. The maximum atomic E-state index is 12.0. The van der Waals surface area contributed by atoms with Gasteiger partial charge in [-0.15, -0.1) is 0 Å². The van der Waals surface area contributed by atoms with E-state index in [9.17, 15) is 28.8 Å². The van der Waals surface area contributed by atoms with Crippen LogP contribution >= 0.6 is 0 Å². The number of esters is 1. The van der Waals surface area contributed by atoms with E-state index in [0.717, 1.165) is 33.4 Å². The fourth-order valence-corrected chi connectivity index (χ4v) is 6.81. The number of carboxylic acids is 2. The van der Waals surface area contributed by atoms with Crippen LogP contribution in [-0.2, 0) is 38.3 Å². The molecule has 4 aromatic carbocycles. The quantitative estimate of drug-likeness (QED) is 0.120. The summed E-state index contributed by atoms with van der Waals surface area (Å²) in [4.78, 5) is 72.4. The molecule has 2 aliphatic carbocycles. The summed E-state index contributed by atoms with van der Waals surface area (Å²) in [5, 5.41) is 17.6. The number of hydroxylamine groups is 2. The zero-order valence-corrected chi connectivity index (χ0v) is 31.6. The normalized spacial score (nSPS) is 14.5. The minimum absolute atomic E-state index is 0. The van der Waals surface area contributed by atoms with Crippen molar-refractivity contribution in [2.75, 3.05) is 13.2 Å². The van der Waals surface area contributed by atoms with Gasteiger partial charge in [0.1, 0.15) is 19.3 Å². The standard InChI is InChI=1S/C20H20O4.C19H15NO5.C4H9NO2.H2O/c1-2-13(20(22)23)11-19(21)24-12-18-16-9-5-3-7-14(16)15-8-4-6-10-17(15)18;21-17-9-10-18(22)20(17)25-19(23)24-11-16-14-7-3-1-5-12(14)13-6-2-4-8-15(13)16;1-2-3(5)4(6)7;/h3-10,13,18H,2,11-12H2,1H3,(H,22,23);1-8,16H,9-11H2;3H,2,5H2,1H3,(H,6,7);1H2/t13-;;3-;/m1.0./s1. The van der Waals surface area contributed by atoms with Gasteiger partial charge in [-0.1, -0.05) is 116 Å². The van der Waals surface area contributed by atoms with E-state index in [2.05, 4.69) is 24.3 Å². The number of hydrogen-bond acceptors (Lipinski definition) is 10. The van der Waals surface area contributed by atoms with Gasteiger partial charge in [-0.3, -0.25) is 28.8 Å². The first-order chi connectivity index (χ1) is 26.9. The topological polar surface area (TPSA) is 231 Å². The average Bonchev–Trinajstić information content (AvgIpc) is 3.83. The number of aliphatic carboxylic acids is 2. The summed E-state index contributed by atoms with van der Waals surface area (Å²) in [6, 6.07) is 31.5. The largest absolute Gasteiger partial charge is 0.533 e. The molecule has 7 rings (SSSR count). The molecule has 14 nitrogen and oxygen atoms in total. The molecule has 14 heteroatoms. The van der Waals surface area contributed by atoms with E-state index in [1.54, 1.807) is 13.8 Å². The summed E-state index contributed by atoms with van der Waals surface area (Å²) in [7, 11) is 0. The van der Waals surface area contributed by atoms with Crippen molar-refractivity contribution in [3.8, 4) is 22.3 Å². The Balaban J connectivity index is 0.000000214. The highest BCUT2D eigenvalue weighted by Gasteiger charge is 2.35. The van der Waals surface area contributed by atoms with Crippen LogP contribution in [0.4, 0.5) is 4.79 Å². The number of fused-ring (bicyclic) bond motifs is 6. The van der Waals surface area contributed by atoms with Crippen LogP contribution < -0.4 is 5.73 Å². The Kier molecular flexibility index (Phi) is 15.2. The molecule has 1 aliphatic heterocycles. The van der Waals surface area contributed by atoms with Gasteiger partial charge < -0.3 is 30.9 Å². The lowest BCUT2D eigenvalue weighted by atomic mass is 9.98. The average molecular weight is 783 g/mol. The first kappa shape index (κ1) is 43.3. The summed E-state index contributed by atoms with van der Waals surface area (Å²) in [5.74, 6) is -4.17. The molecule has 300 valence electrons. The Bertz CT molecular complexity index is 1990. The molecule has 0 saturated carbocycles. The minimum Gasteiger partial charge on any atom is -0.481 e. The van der Waals surface area contributed by atoms with Gasteiger partial charge in [-0.2, -0.15) is 0 Å². The van der Waals surface area contributed by atoms with Gasteiger partial charge in [0.15, 0.2) is 0 Å². The van der Waals surface area contributed by atoms with E-state index in [1.165, 1.54) is 11.1 Å². The van der Waals surface area contributed by atoms with Crippen LogP contribution in [0.25, 0.3) is 22.3 Å². The van der Waals surface area contributed by atoms with Crippen molar-refractivity contribution in [3.63, 3.8) is 0 Å². The van der Waals surface area contributed by atoms with Crippen LogP contribution in [0.2, 0.25) is 0 Å². The number of carbonyl (C=O) groups excluding carboxylic acids is 4. The molecule has 0 bridgehead atoms. The van der Waals surface area contributed by atoms with Crippen LogP contribution in [0.15, 0.2) is 97.1 Å². The lowest BCUT2D eigenvalue weighted by Crippen LogP contribution is -2.32. The van der Waals surface area contributed by atoms with Crippen LogP contribution in [0, 0.1) is 5.92 Å². The van der Waals surface area contributed by atoms with Crippen molar-refractivity contribution in [3.05, 3.63) is 119 Å². The third-order valence-electron chi connectivity index (χ3n) is 9.89. The molecule has 57 heavy (non-hydrogen) atoms. The fourth-order valence-electron chi connectivity index (χ4n) is 6.81. The van der Waals surface area contributed by atoms with E-state index < -0.39 is 47.8 Å². The predicted octanol–water partition coefficient (Wildman–Crippen LogP) is 5.84. The van der Waals surface area contributed by atoms with Crippen LogP contribution in [0.3, 0.4) is 0 Å². The number of amides is 2. The number of nitrogens with zero attached hydrogens (tertiary/aromatic N) is 1. The Labute approximate surface area is 329 Å². The Morgan fingerprint density at radius 3 is 1.37 bits per heavy atom. The highest BCUT2D eigenvalue weighted by Crippen LogP contribution is 2.45. The lowest BCUT2D eigenvalue weighted by Gasteiger charge is -2.16. The van der Waals surface area contributed by atoms with Crippen molar-refractivity contribution in [2.24, 2.45) is 11.7 Å². The highest BCUT2D eigenvalue weighted by atomic mass is 16.8. The molecule has 6 N–H and O–H groups in total. The van der Waals surface area contributed by atoms with E-state index in [1.807, 2.05) is 72.8 Å². The van der Waals surface area contributed by atoms with Gasteiger partial charge in [0, 0.05) is 24.7 Å². The zero-order valence-electron chi connectivity index (χ0n) is 31.6. The zero-order chi connectivity index (χ0) is 40.4. The molecule has 1 saturated heterocycles. The molecule has 0 spiro atoms. The van der Waals surface area contributed by atoms with Gasteiger partial charge in [-0.05, 0) is 57.3 Å². The Morgan fingerprint density at radius 2 is 1.04 bits per heavy atom. The second-order valence-electron chi connectivity index (χ2n) is 13.4. The van der Waals surface area contributed by atoms with Gasteiger partial charge in [0.2, 0.25) is 0 Å². The second-order valence-corrected chi connectivity index (χ2v) is 13.4. The van der Waals surface area contributed by atoms with Crippen LogP contribution in [0.5, 0.6) is 0 Å². The number of rotatable bonds is 11. The van der Waals surface area contributed by atoms with Gasteiger partial charge in [-0.25, -0.2) is 4.79 Å². The molecule has 2 atom stereocenters. The first-order valence-electron chi connectivity index (χ1n) is 18.4. The molecule has 2 amide bonds. The SMILES string of the molecule is CC[C@H](CC(=O)OCC1c2ccccc2-c2ccccc21)C(=O)O.CC[C@H](N)C(=O)O.O.O=C(OCC1c2ccccc2-c2ccccc21)ON1C(=O)CCC1=O. The molecule has 0 unspecified atom stereocenters. The molecular weight excluding hydrogens is 736 g/mol. The molecular formula is C43H46N2O12. The van der Waals surface area contributed by atoms with E-state index >= 15 is 0 Å². The Morgan fingerprint density at radius 1 is 0.649 bits per heavy atom. The monoisotopic (exact) mass is 782 g/mol. The first-order valence-corrected chi connectivity index (χ1v) is 18.4. The number of nitrogens with two attached hydrogens (primary N) is 1. The molecule has 1 heterocycles. The van der Waals surface area contributed by atoms with Gasteiger partial charge in [0.25, 0.3) is 11.8 Å². The summed E-state index contributed by atoms with van der Waals surface area (Å²) in [5.41, 5.74) is 14.0. The number of carbonyl (C=O) groups is 6. The molecule has 4 aromatic rings. The minimum atomic E-state index is -1.05. The number of imide groups is 1. The van der Waals surface area contributed by atoms with Crippen molar-refractivity contribution >= 4 is 35.9 Å². The summed E-state index contributed by atoms with van der Waals surface area (Å²) < 4.78 is 10.6. The summed E-state index contributed by atoms with van der Waals surface area (Å²) >= 11 is 0. The van der Waals surface area contributed by atoms with E-state index in [4.69, 9.17) is 30.3 Å². The fraction of sp³-hybridized carbons (Fsp3) is 0.302. The van der Waals surface area contributed by atoms with Crippen molar-refractivity contribution in [1.82, 2.24) is 5.06 Å². The highest BCUT2D eigenvalue weighted by molar-refractivity contribution is 6.01. The molecule has 0 radical (unpaired) electrons. The summed E-state index contributed by atoms with van der Waals surface area (Å²) in [6.45, 7) is 3.81. The number of benzene rings is 4. The van der Waals surface area contributed by atoms with Crippen molar-refractivity contribution < 1.29 is 58.8 Å². The third kappa shape index (κ3) is 10.3. The van der Waals surface area contributed by atoms with E-state index in [-0.39, 0.29) is 49.8 Å². The lowest BCUT2D eigenvalue weighted by molar-refractivity contribution is -0.177. The molecule has 3 aliphatic rings. The molecule has 1 fully saturated rings. The number of carboxylic acid groups (broad SMARTS) is 2. The second kappa shape index (κ2) is 20.0. The maximum Gasteiger partial charge on any atom is 0.533 e. The smallest absolute Gasteiger partial charge is 0.481 e. The van der Waals surface area contributed by atoms with Crippen molar-refractivity contribution in [1.29, 1.82) is 0 Å². The van der Waals surface area contributed by atoms with Crippen LogP contribution in [-0.4, -0.2) is 75.9 Å². The summed E-state index contributed by atoms with van der Waals surface area (Å²) in [6.07, 6.45) is -0.118. The van der Waals surface area contributed by atoms with Gasteiger partial charge >= 0.3 is 24.1 Å². The predicted molar refractivity (Wildman–Crippen MR) is 207 cm³/mol. The Hall–Kier alpha value is -6.38. The van der Waals surface area contributed by atoms with Crippen molar-refractivity contribution in [2.45, 2.75) is 63.8 Å².